The fraction of sp³-hybridized carbons (Fsp3) is 0.700. The molecular formula is C10H16N2O. The summed E-state index contributed by atoms with van der Waals surface area (Å²) in [5.74, 6) is 2.92. The first-order valence-corrected chi connectivity index (χ1v) is 4.77. The number of aliphatic imine (C=N–C) groups is 1. The Morgan fingerprint density at radius 3 is 3.00 bits per heavy atom. The van der Waals surface area contributed by atoms with Crippen LogP contribution in [-0.4, -0.2) is 30.9 Å². The lowest BCUT2D eigenvalue weighted by atomic mass is 10.1. The van der Waals surface area contributed by atoms with Gasteiger partial charge in [0.15, 0.2) is 0 Å². The van der Waals surface area contributed by atoms with Crippen molar-refractivity contribution in [2.45, 2.75) is 20.3 Å². The van der Waals surface area contributed by atoms with E-state index in [1.54, 1.807) is 7.11 Å². The number of methoxy groups -OCH3 is 1. The van der Waals surface area contributed by atoms with Gasteiger partial charge < -0.3 is 9.64 Å². The summed E-state index contributed by atoms with van der Waals surface area (Å²) in [6, 6.07) is 0. The van der Waals surface area contributed by atoms with Crippen molar-refractivity contribution in [2.75, 3.05) is 20.2 Å². The van der Waals surface area contributed by atoms with Crippen LogP contribution < -0.4 is 0 Å². The zero-order valence-electron chi connectivity index (χ0n) is 8.50. The van der Waals surface area contributed by atoms with Gasteiger partial charge >= 0.3 is 0 Å². The second-order valence-electron chi connectivity index (χ2n) is 3.86. The van der Waals surface area contributed by atoms with E-state index in [2.05, 4.69) is 23.7 Å². The molecule has 0 N–H and O–H groups in total. The number of nitrogens with zero attached hydrogens (tertiary/aromatic N) is 2. The van der Waals surface area contributed by atoms with Gasteiger partial charge in [-0.2, -0.15) is 0 Å². The molecule has 2 heterocycles. The second-order valence-corrected chi connectivity index (χ2v) is 3.86. The van der Waals surface area contributed by atoms with Crippen molar-refractivity contribution in [1.29, 1.82) is 0 Å². The molecule has 0 radical (unpaired) electrons. The van der Waals surface area contributed by atoms with Crippen molar-refractivity contribution < 1.29 is 4.74 Å². The van der Waals surface area contributed by atoms with Crippen molar-refractivity contribution >= 4 is 5.84 Å². The Morgan fingerprint density at radius 1 is 1.54 bits per heavy atom. The Hall–Kier alpha value is -0.990. The van der Waals surface area contributed by atoms with E-state index >= 15 is 0 Å². The fourth-order valence-corrected chi connectivity index (χ4v) is 2.06. The molecule has 0 saturated carbocycles. The van der Waals surface area contributed by atoms with Crippen LogP contribution in [0.5, 0.6) is 0 Å². The molecule has 1 atom stereocenters. The van der Waals surface area contributed by atoms with E-state index in [4.69, 9.17) is 4.74 Å². The van der Waals surface area contributed by atoms with Crippen LogP contribution in [0.25, 0.3) is 0 Å². The Labute approximate surface area is 79.1 Å². The van der Waals surface area contributed by atoms with Gasteiger partial charge in [0.05, 0.1) is 12.8 Å². The highest BCUT2D eigenvalue weighted by Gasteiger charge is 2.30. The SMILES string of the molecule is COC1=C2C[C@H](C)CN2C(C)=NC1. The molecular weight excluding hydrogens is 164 g/mol. The minimum atomic E-state index is 0.723. The van der Waals surface area contributed by atoms with Gasteiger partial charge in [-0.3, -0.25) is 4.99 Å². The molecule has 0 aliphatic carbocycles. The van der Waals surface area contributed by atoms with Gasteiger partial charge in [0.25, 0.3) is 0 Å². The van der Waals surface area contributed by atoms with Gasteiger partial charge in [0, 0.05) is 6.54 Å². The number of amidine groups is 1. The summed E-state index contributed by atoms with van der Waals surface area (Å²) in [6.45, 7) is 6.16. The molecule has 1 fully saturated rings. The lowest BCUT2D eigenvalue weighted by Gasteiger charge is -2.25. The van der Waals surface area contributed by atoms with Crippen LogP contribution in [0.15, 0.2) is 16.4 Å². The highest BCUT2D eigenvalue weighted by Crippen LogP contribution is 2.31. The van der Waals surface area contributed by atoms with E-state index in [9.17, 15) is 0 Å². The number of rotatable bonds is 1. The third-order valence-corrected chi connectivity index (χ3v) is 2.77. The van der Waals surface area contributed by atoms with Crippen molar-refractivity contribution in [1.82, 2.24) is 4.90 Å². The quantitative estimate of drug-likeness (QED) is 0.612. The van der Waals surface area contributed by atoms with Crippen molar-refractivity contribution in [3.05, 3.63) is 11.5 Å². The summed E-state index contributed by atoms with van der Waals surface area (Å²) in [6.07, 6.45) is 1.13. The van der Waals surface area contributed by atoms with Crippen LogP contribution in [0.1, 0.15) is 20.3 Å². The Balaban J connectivity index is 2.30. The molecule has 1 saturated heterocycles. The predicted octanol–water partition coefficient (Wildman–Crippen LogP) is 1.62. The molecule has 13 heavy (non-hydrogen) atoms. The van der Waals surface area contributed by atoms with E-state index in [-0.39, 0.29) is 0 Å². The number of ether oxygens (including phenoxy) is 1. The van der Waals surface area contributed by atoms with E-state index in [0.29, 0.717) is 0 Å². The van der Waals surface area contributed by atoms with Crippen LogP contribution in [0.3, 0.4) is 0 Å². The van der Waals surface area contributed by atoms with Gasteiger partial charge in [-0.1, -0.05) is 6.92 Å². The molecule has 3 heteroatoms. The highest BCUT2D eigenvalue weighted by atomic mass is 16.5. The van der Waals surface area contributed by atoms with E-state index < -0.39 is 0 Å². The molecule has 0 unspecified atom stereocenters. The Morgan fingerprint density at radius 2 is 2.31 bits per heavy atom. The number of hydrogen-bond acceptors (Lipinski definition) is 3. The molecule has 0 spiro atoms. The van der Waals surface area contributed by atoms with Crippen molar-refractivity contribution in [2.24, 2.45) is 10.9 Å². The van der Waals surface area contributed by atoms with Crippen molar-refractivity contribution in [3.8, 4) is 0 Å². The zero-order valence-corrected chi connectivity index (χ0v) is 8.50. The van der Waals surface area contributed by atoms with Crippen LogP contribution in [0, 0.1) is 5.92 Å². The maximum Gasteiger partial charge on any atom is 0.136 e. The van der Waals surface area contributed by atoms with Gasteiger partial charge in [-0.25, -0.2) is 0 Å². The Bertz CT molecular complexity index is 281. The van der Waals surface area contributed by atoms with Crippen LogP contribution in [0.4, 0.5) is 0 Å². The third kappa shape index (κ3) is 1.32. The number of hydrogen-bond donors (Lipinski definition) is 0. The first kappa shape index (κ1) is 8.60. The van der Waals surface area contributed by atoms with Gasteiger partial charge in [0.2, 0.25) is 0 Å². The molecule has 0 bridgehead atoms. The first-order chi connectivity index (χ1) is 6.22. The standard InChI is InChI=1S/C10H16N2O/c1-7-4-9-10(13-3)5-11-8(2)12(9)6-7/h7H,4-6H2,1-3H3/t7-/m0/s1. The van der Waals surface area contributed by atoms with E-state index in [0.717, 1.165) is 37.0 Å². The fourth-order valence-electron chi connectivity index (χ4n) is 2.06. The summed E-state index contributed by atoms with van der Waals surface area (Å²) >= 11 is 0. The first-order valence-electron chi connectivity index (χ1n) is 4.77. The predicted molar refractivity (Wildman–Crippen MR) is 52.5 cm³/mol. The monoisotopic (exact) mass is 180 g/mol. The molecule has 0 aromatic rings. The maximum atomic E-state index is 5.33. The normalized spacial score (nSPS) is 27.5. The summed E-state index contributed by atoms with van der Waals surface area (Å²) < 4.78 is 5.33. The molecule has 0 aromatic carbocycles. The number of fused-ring (bicyclic) bond motifs is 1. The molecule has 0 aromatic heterocycles. The highest BCUT2D eigenvalue weighted by molar-refractivity contribution is 5.83. The average molecular weight is 180 g/mol. The lowest BCUT2D eigenvalue weighted by molar-refractivity contribution is 0.269. The van der Waals surface area contributed by atoms with E-state index in [1.165, 1.54) is 5.70 Å². The topological polar surface area (TPSA) is 24.8 Å². The van der Waals surface area contributed by atoms with Crippen LogP contribution in [-0.2, 0) is 4.74 Å². The lowest BCUT2D eigenvalue weighted by Crippen LogP contribution is -2.29. The maximum absolute atomic E-state index is 5.33. The van der Waals surface area contributed by atoms with Crippen LogP contribution >= 0.6 is 0 Å². The van der Waals surface area contributed by atoms with Crippen LogP contribution in [0.2, 0.25) is 0 Å². The number of allylic oxidation sites excluding steroid dienone is 1. The van der Waals surface area contributed by atoms with Crippen molar-refractivity contribution in [3.63, 3.8) is 0 Å². The van der Waals surface area contributed by atoms with Gasteiger partial charge in [-0.15, -0.1) is 0 Å². The Kier molecular flexibility index (Phi) is 2.02. The second kappa shape index (κ2) is 3.05. The molecule has 3 nitrogen and oxygen atoms in total. The van der Waals surface area contributed by atoms with Gasteiger partial charge in [0.1, 0.15) is 18.1 Å². The van der Waals surface area contributed by atoms with Gasteiger partial charge in [-0.05, 0) is 19.3 Å². The molecule has 2 aliphatic rings. The minimum Gasteiger partial charge on any atom is -0.497 e. The zero-order chi connectivity index (χ0) is 9.42. The molecule has 0 amide bonds. The summed E-state index contributed by atoms with van der Waals surface area (Å²) in [7, 11) is 1.74. The molecule has 2 aliphatic heterocycles. The largest absolute Gasteiger partial charge is 0.497 e. The summed E-state index contributed by atoms with van der Waals surface area (Å²) in [5.41, 5.74) is 1.35. The third-order valence-electron chi connectivity index (χ3n) is 2.77. The minimum absolute atomic E-state index is 0.723. The molecule has 72 valence electrons. The summed E-state index contributed by atoms with van der Waals surface area (Å²) in [4.78, 5) is 6.70. The van der Waals surface area contributed by atoms with E-state index in [1.807, 2.05) is 0 Å². The summed E-state index contributed by atoms with van der Waals surface area (Å²) in [5, 5.41) is 0. The molecule has 2 rings (SSSR count). The average Bonchev–Trinajstić information content (AvgIpc) is 2.48. The smallest absolute Gasteiger partial charge is 0.136 e.